The molecule has 0 aromatic heterocycles. The van der Waals surface area contributed by atoms with Crippen molar-refractivity contribution >= 4 is 6.09 Å². The van der Waals surface area contributed by atoms with Crippen molar-refractivity contribution in [3.05, 3.63) is 35.9 Å². The van der Waals surface area contributed by atoms with E-state index in [1.165, 1.54) is 12.7 Å². The normalized spacial score (nSPS) is 35.9. The van der Waals surface area contributed by atoms with Crippen LogP contribution >= 0.6 is 0 Å². The first-order chi connectivity index (χ1) is 13.2. The van der Waals surface area contributed by atoms with Crippen LogP contribution in [0.15, 0.2) is 30.3 Å². The van der Waals surface area contributed by atoms with Crippen molar-refractivity contribution in [2.45, 2.75) is 75.1 Å². The van der Waals surface area contributed by atoms with Gasteiger partial charge in [-0.2, -0.15) is 0 Å². The molecule has 0 bridgehead atoms. The Morgan fingerprint density at radius 2 is 1.85 bits per heavy atom. The summed E-state index contributed by atoms with van der Waals surface area (Å²) in [6, 6.07) is 11.0. The third-order valence-corrected chi connectivity index (χ3v) is 7.02. The first-order valence-electron chi connectivity index (χ1n) is 10.5. The Morgan fingerprint density at radius 1 is 1.11 bits per heavy atom. The zero-order valence-electron chi connectivity index (χ0n) is 16.3. The quantitative estimate of drug-likeness (QED) is 0.876. The molecule has 5 heteroatoms. The second kappa shape index (κ2) is 8.19. The van der Waals surface area contributed by atoms with Crippen molar-refractivity contribution in [1.29, 1.82) is 0 Å². The number of fused-ring (bicyclic) bond motifs is 1. The second-order valence-corrected chi connectivity index (χ2v) is 8.40. The van der Waals surface area contributed by atoms with Crippen LogP contribution < -0.4 is 5.73 Å². The Kier molecular flexibility index (Phi) is 5.69. The van der Waals surface area contributed by atoms with Crippen LogP contribution in [-0.4, -0.2) is 48.9 Å². The second-order valence-electron chi connectivity index (χ2n) is 8.40. The molecule has 148 valence electrons. The average Bonchev–Trinajstić information content (AvgIpc) is 3.29. The molecule has 1 aromatic carbocycles. The van der Waals surface area contributed by atoms with Gasteiger partial charge in [0.05, 0.1) is 25.9 Å². The number of likely N-dealkylation sites (tertiary alicyclic amines) is 1. The van der Waals surface area contributed by atoms with Crippen molar-refractivity contribution < 1.29 is 14.3 Å². The molecule has 1 saturated heterocycles. The third-order valence-electron chi connectivity index (χ3n) is 7.02. The van der Waals surface area contributed by atoms with Crippen molar-refractivity contribution in [2.24, 2.45) is 11.7 Å². The molecule has 0 spiro atoms. The minimum atomic E-state index is -0.249. The van der Waals surface area contributed by atoms with Gasteiger partial charge in [-0.25, -0.2) is 4.79 Å². The van der Waals surface area contributed by atoms with Gasteiger partial charge in [-0.1, -0.05) is 36.8 Å². The van der Waals surface area contributed by atoms with E-state index in [2.05, 4.69) is 30.3 Å². The summed E-state index contributed by atoms with van der Waals surface area (Å²) in [4.78, 5) is 14.2. The molecule has 2 aliphatic carbocycles. The Hall–Kier alpha value is -1.59. The number of amides is 1. The summed E-state index contributed by atoms with van der Waals surface area (Å²) in [5.74, 6) is 1.04. The number of carbonyl (C=O) groups is 1. The van der Waals surface area contributed by atoms with Gasteiger partial charge in [0.2, 0.25) is 0 Å². The zero-order chi connectivity index (χ0) is 18.8. The summed E-state index contributed by atoms with van der Waals surface area (Å²) >= 11 is 0. The summed E-state index contributed by atoms with van der Waals surface area (Å²) < 4.78 is 11.3. The number of methoxy groups -OCH3 is 1. The third kappa shape index (κ3) is 3.72. The molecule has 1 heterocycles. The lowest BCUT2D eigenvalue weighted by Crippen LogP contribution is -2.48. The Balaban J connectivity index is 1.32. The average molecular weight is 373 g/mol. The van der Waals surface area contributed by atoms with E-state index in [1.54, 1.807) is 0 Å². The molecule has 3 fully saturated rings. The zero-order valence-corrected chi connectivity index (χ0v) is 16.3. The fraction of sp³-hybridized carbons (Fsp3) is 0.682. The molecule has 4 rings (SSSR count). The molecular weight excluding hydrogens is 340 g/mol. The van der Waals surface area contributed by atoms with Gasteiger partial charge in [0.1, 0.15) is 0 Å². The number of hydrogen-bond acceptors (Lipinski definition) is 4. The molecular formula is C22H32N2O3. The molecule has 2 saturated carbocycles. The van der Waals surface area contributed by atoms with E-state index >= 15 is 0 Å². The molecule has 5 nitrogen and oxygen atoms in total. The van der Waals surface area contributed by atoms with Gasteiger partial charge in [0.25, 0.3) is 0 Å². The van der Waals surface area contributed by atoms with Crippen molar-refractivity contribution in [1.82, 2.24) is 4.90 Å². The molecule has 0 unspecified atom stereocenters. The maximum atomic E-state index is 12.4. The highest BCUT2D eigenvalue weighted by atomic mass is 16.5. The van der Waals surface area contributed by atoms with E-state index in [0.717, 1.165) is 44.9 Å². The Labute approximate surface area is 162 Å². The molecule has 1 amide bonds. The minimum absolute atomic E-state index is 0.00254. The van der Waals surface area contributed by atoms with Crippen LogP contribution in [0.4, 0.5) is 4.79 Å². The van der Waals surface area contributed by atoms with Gasteiger partial charge >= 0.3 is 6.09 Å². The molecule has 4 atom stereocenters. The number of carbonyl (C=O) groups excluding carboxylic acids is 1. The van der Waals surface area contributed by atoms with Gasteiger partial charge in [0, 0.05) is 12.1 Å². The van der Waals surface area contributed by atoms with Crippen LogP contribution in [0, 0.1) is 5.92 Å². The fourth-order valence-electron chi connectivity index (χ4n) is 5.57. The molecule has 1 aromatic rings. The van der Waals surface area contributed by atoms with Crippen molar-refractivity contribution in [3.8, 4) is 0 Å². The molecule has 1 aliphatic heterocycles. The van der Waals surface area contributed by atoms with E-state index in [4.69, 9.17) is 15.2 Å². The van der Waals surface area contributed by atoms with Gasteiger partial charge in [-0.05, 0) is 55.9 Å². The van der Waals surface area contributed by atoms with Gasteiger partial charge in [0.15, 0.2) is 0 Å². The van der Waals surface area contributed by atoms with E-state index in [-0.39, 0.29) is 30.3 Å². The predicted molar refractivity (Wildman–Crippen MR) is 105 cm³/mol. The summed E-state index contributed by atoms with van der Waals surface area (Å²) in [7, 11) is 1.46. The van der Waals surface area contributed by atoms with Gasteiger partial charge in [-0.15, -0.1) is 0 Å². The van der Waals surface area contributed by atoms with E-state index in [1.807, 2.05) is 4.90 Å². The van der Waals surface area contributed by atoms with Crippen LogP contribution in [0.2, 0.25) is 0 Å². The molecule has 27 heavy (non-hydrogen) atoms. The number of nitrogens with two attached hydrogens (primary N) is 1. The van der Waals surface area contributed by atoms with E-state index < -0.39 is 0 Å². The molecule has 0 radical (unpaired) electrons. The smallest absolute Gasteiger partial charge is 0.410 e. The predicted octanol–water partition coefficient (Wildman–Crippen LogP) is 3.68. The maximum Gasteiger partial charge on any atom is 0.410 e. The Morgan fingerprint density at radius 3 is 2.56 bits per heavy atom. The standard InChI is InChI=1S/C22H32N2O3/c1-26-22(25)24-19-9-5-8-18(19)21(23)20(24)14-27-17-12-10-16(11-13-17)15-6-3-2-4-7-15/h2-4,6-7,16-21H,5,8-14,23H2,1H3/t16-,17+,18-,19+,20-,21-/m0/s1. The summed E-state index contributed by atoms with van der Waals surface area (Å²) in [6.07, 6.45) is 7.80. The first-order valence-corrected chi connectivity index (χ1v) is 10.5. The lowest BCUT2D eigenvalue weighted by Gasteiger charge is -2.33. The number of benzene rings is 1. The monoisotopic (exact) mass is 372 g/mol. The number of nitrogens with zero attached hydrogens (tertiary/aromatic N) is 1. The minimum Gasteiger partial charge on any atom is -0.453 e. The highest BCUT2D eigenvalue weighted by molar-refractivity contribution is 5.69. The van der Waals surface area contributed by atoms with E-state index in [9.17, 15) is 4.79 Å². The highest BCUT2D eigenvalue weighted by Gasteiger charge is 2.51. The van der Waals surface area contributed by atoms with Crippen LogP contribution in [0.3, 0.4) is 0 Å². The van der Waals surface area contributed by atoms with Crippen LogP contribution in [0.5, 0.6) is 0 Å². The summed E-state index contributed by atoms with van der Waals surface area (Å²) in [5.41, 5.74) is 7.97. The van der Waals surface area contributed by atoms with E-state index in [0.29, 0.717) is 18.4 Å². The lowest BCUT2D eigenvalue weighted by atomic mass is 9.83. The first kappa shape index (κ1) is 18.8. The molecule has 3 aliphatic rings. The van der Waals surface area contributed by atoms with Crippen molar-refractivity contribution in [3.63, 3.8) is 0 Å². The van der Waals surface area contributed by atoms with Gasteiger partial charge < -0.3 is 15.2 Å². The van der Waals surface area contributed by atoms with Crippen LogP contribution in [0.25, 0.3) is 0 Å². The fourth-order valence-corrected chi connectivity index (χ4v) is 5.57. The lowest BCUT2D eigenvalue weighted by molar-refractivity contribution is -0.00901. The maximum absolute atomic E-state index is 12.4. The van der Waals surface area contributed by atoms with Gasteiger partial charge in [-0.3, -0.25) is 4.90 Å². The summed E-state index contributed by atoms with van der Waals surface area (Å²) in [5, 5.41) is 0. The largest absolute Gasteiger partial charge is 0.453 e. The topological polar surface area (TPSA) is 64.8 Å². The number of rotatable bonds is 4. The van der Waals surface area contributed by atoms with Crippen LogP contribution in [-0.2, 0) is 9.47 Å². The highest BCUT2D eigenvalue weighted by Crippen LogP contribution is 2.41. The number of hydrogen-bond donors (Lipinski definition) is 1. The molecule has 2 N–H and O–H groups in total. The van der Waals surface area contributed by atoms with Crippen molar-refractivity contribution in [2.75, 3.05) is 13.7 Å². The number of ether oxygens (including phenoxy) is 2. The summed E-state index contributed by atoms with van der Waals surface area (Å²) in [6.45, 7) is 0.532. The Bertz CT molecular complexity index is 630. The SMILES string of the molecule is COC(=O)N1[C@@H]2CCC[C@@H]2[C@H](N)[C@@H]1CO[C@H]1CC[C@@H](c2ccccc2)CC1. The van der Waals surface area contributed by atoms with Crippen LogP contribution in [0.1, 0.15) is 56.4 Å².